The van der Waals surface area contributed by atoms with Crippen molar-refractivity contribution < 1.29 is 9.84 Å². The molecule has 4 nitrogen and oxygen atoms in total. The van der Waals surface area contributed by atoms with Crippen molar-refractivity contribution in [2.24, 2.45) is 0 Å². The molecule has 0 aliphatic heterocycles. The van der Waals surface area contributed by atoms with Crippen LogP contribution in [-0.2, 0) is 13.2 Å². The molecule has 0 amide bonds. The van der Waals surface area contributed by atoms with Crippen LogP contribution in [-0.4, -0.2) is 31.3 Å². The van der Waals surface area contributed by atoms with Gasteiger partial charge in [-0.25, -0.2) is 0 Å². The van der Waals surface area contributed by atoms with Gasteiger partial charge in [0, 0.05) is 41.8 Å². The summed E-state index contributed by atoms with van der Waals surface area (Å²) in [4.78, 5) is 0. The third kappa shape index (κ3) is 6.30. The lowest BCUT2D eigenvalue weighted by Gasteiger charge is -2.10. The first-order valence-electron chi connectivity index (χ1n) is 7.87. The molecule has 0 atom stereocenters. The monoisotopic (exact) mass is 368 g/mol. The highest BCUT2D eigenvalue weighted by Crippen LogP contribution is 2.25. The first-order valence-corrected chi connectivity index (χ1v) is 8.63. The maximum absolute atomic E-state index is 8.66. The third-order valence-corrected chi connectivity index (χ3v) is 4.17. The van der Waals surface area contributed by atoms with Crippen molar-refractivity contribution in [3.8, 4) is 5.75 Å². The van der Waals surface area contributed by atoms with E-state index >= 15 is 0 Å². The molecule has 0 fully saturated rings. The van der Waals surface area contributed by atoms with Crippen LogP contribution in [0.25, 0.3) is 0 Å². The average molecular weight is 369 g/mol. The Labute approximate surface area is 152 Å². The predicted octanol–water partition coefficient (Wildman–Crippen LogP) is 3.24. The molecular weight excluding hydrogens is 347 g/mol. The molecule has 0 aliphatic carbocycles. The normalized spacial score (nSPS) is 10.8. The van der Waals surface area contributed by atoms with Crippen molar-refractivity contribution in [3.05, 3.63) is 63.6 Å². The van der Waals surface area contributed by atoms with Gasteiger partial charge in [-0.3, -0.25) is 0 Å². The summed E-state index contributed by atoms with van der Waals surface area (Å²) in [5, 5.41) is 16.3. The van der Waals surface area contributed by atoms with Crippen molar-refractivity contribution in [1.29, 1.82) is 0 Å². The SMILES string of the molecule is OCCNCCNCc1ccc(OCc2c(Cl)cccc2Cl)cc1. The van der Waals surface area contributed by atoms with E-state index < -0.39 is 0 Å². The van der Waals surface area contributed by atoms with Gasteiger partial charge >= 0.3 is 0 Å². The van der Waals surface area contributed by atoms with Gasteiger partial charge in [-0.2, -0.15) is 0 Å². The van der Waals surface area contributed by atoms with Crippen LogP contribution in [0.2, 0.25) is 10.0 Å². The average Bonchev–Trinajstić information content (AvgIpc) is 2.59. The van der Waals surface area contributed by atoms with Crippen LogP contribution in [0.15, 0.2) is 42.5 Å². The van der Waals surface area contributed by atoms with Crippen LogP contribution in [0.4, 0.5) is 0 Å². The molecule has 0 spiro atoms. The van der Waals surface area contributed by atoms with Crippen LogP contribution >= 0.6 is 23.2 Å². The fourth-order valence-electron chi connectivity index (χ4n) is 2.14. The number of hydrogen-bond donors (Lipinski definition) is 3. The summed E-state index contributed by atoms with van der Waals surface area (Å²) in [7, 11) is 0. The lowest BCUT2D eigenvalue weighted by atomic mass is 10.2. The Bertz CT molecular complexity index is 601. The quantitative estimate of drug-likeness (QED) is 0.563. The molecule has 24 heavy (non-hydrogen) atoms. The Morgan fingerprint density at radius 3 is 2.21 bits per heavy atom. The zero-order valence-corrected chi connectivity index (χ0v) is 14.9. The highest BCUT2D eigenvalue weighted by molar-refractivity contribution is 6.35. The van der Waals surface area contributed by atoms with Crippen LogP contribution in [0.5, 0.6) is 5.75 Å². The number of halogens is 2. The zero-order chi connectivity index (χ0) is 17.2. The van der Waals surface area contributed by atoms with Gasteiger partial charge in [0.15, 0.2) is 0 Å². The minimum absolute atomic E-state index is 0.168. The van der Waals surface area contributed by atoms with Gasteiger partial charge in [0.05, 0.1) is 6.61 Å². The van der Waals surface area contributed by atoms with E-state index in [1.807, 2.05) is 30.3 Å². The van der Waals surface area contributed by atoms with Crippen LogP contribution in [0.3, 0.4) is 0 Å². The molecule has 0 saturated carbocycles. The molecule has 3 N–H and O–H groups in total. The number of aliphatic hydroxyl groups excluding tert-OH is 1. The number of hydrogen-bond acceptors (Lipinski definition) is 4. The van der Waals surface area contributed by atoms with Crippen LogP contribution in [0.1, 0.15) is 11.1 Å². The molecule has 0 aromatic heterocycles. The Kier molecular flexibility index (Phi) is 8.36. The highest BCUT2D eigenvalue weighted by Gasteiger charge is 2.06. The summed E-state index contributed by atoms with van der Waals surface area (Å²) in [6.07, 6.45) is 0. The van der Waals surface area contributed by atoms with Gasteiger partial charge in [-0.1, -0.05) is 41.4 Å². The maximum atomic E-state index is 8.66. The fourth-order valence-corrected chi connectivity index (χ4v) is 2.65. The predicted molar refractivity (Wildman–Crippen MR) is 98.9 cm³/mol. The Balaban J connectivity index is 1.76. The largest absolute Gasteiger partial charge is 0.489 e. The molecular formula is C18H22Cl2N2O2. The van der Waals surface area contributed by atoms with E-state index in [0.29, 0.717) is 23.2 Å². The second kappa shape index (κ2) is 10.5. The molecule has 0 bridgehead atoms. The number of benzene rings is 2. The molecule has 0 saturated heterocycles. The second-order valence-corrected chi connectivity index (χ2v) is 6.10. The second-order valence-electron chi connectivity index (χ2n) is 5.28. The van der Waals surface area contributed by atoms with E-state index in [1.54, 1.807) is 12.1 Å². The molecule has 0 aliphatic rings. The summed E-state index contributed by atoms with van der Waals surface area (Å²) in [6.45, 7) is 3.61. The Morgan fingerprint density at radius 1 is 0.875 bits per heavy atom. The highest BCUT2D eigenvalue weighted by atomic mass is 35.5. The summed E-state index contributed by atoms with van der Waals surface area (Å²) >= 11 is 12.3. The molecule has 6 heteroatoms. The minimum atomic E-state index is 0.168. The lowest BCUT2D eigenvalue weighted by molar-refractivity contribution is 0.292. The first-order chi connectivity index (χ1) is 11.7. The van der Waals surface area contributed by atoms with Gasteiger partial charge in [-0.15, -0.1) is 0 Å². The maximum Gasteiger partial charge on any atom is 0.119 e. The topological polar surface area (TPSA) is 53.5 Å². The van der Waals surface area contributed by atoms with E-state index in [2.05, 4.69) is 10.6 Å². The molecule has 2 rings (SSSR count). The van der Waals surface area contributed by atoms with Crippen molar-refractivity contribution in [2.45, 2.75) is 13.2 Å². The summed E-state index contributed by atoms with van der Waals surface area (Å²) in [5.74, 6) is 0.777. The van der Waals surface area contributed by atoms with Gasteiger partial charge < -0.3 is 20.5 Å². The van der Waals surface area contributed by atoms with Crippen molar-refractivity contribution in [1.82, 2.24) is 10.6 Å². The molecule has 0 heterocycles. The Morgan fingerprint density at radius 2 is 1.54 bits per heavy atom. The number of rotatable bonds is 10. The summed E-state index contributed by atoms with van der Waals surface area (Å²) in [5.41, 5.74) is 1.97. The van der Waals surface area contributed by atoms with Gasteiger partial charge in [0.25, 0.3) is 0 Å². The molecule has 2 aromatic rings. The van der Waals surface area contributed by atoms with E-state index in [-0.39, 0.29) is 6.61 Å². The minimum Gasteiger partial charge on any atom is -0.489 e. The standard InChI is InChI=1S/C18H22Cl2N2O2/c19-17-2-1-3-18(20)16(17)13-24-15-6-4-14(5-7-15)12-22-9-8-21-10-11-23/h1-7,21-23H,8-13H2. The molecule has 0 radical (unpaired) electrons. The summed E-state index contributed by atoms with van der Waals surface area (Å²) in [6, 6.07) is 13.3. The van der Waals surface area contributed by atoms with Crippen LogP contribution < -0.4 is 15.4 Å². The Hall–Kier alpha value is -1.30. The number of ether oxygens (including phenoxy) is 1. The van der Waals surface area contributed by atoms with E-state index in [9.17, 15) is 0 Å². The van der Waals surface area contributed by atoms with Crippen molar-refractivity contribution in [3.63, 3.8) is 0 Å². The van der Waals surface area contributed by atoms with Crippen molar-refractivity contribution >= 4 is 23.2 Å². The third-order valence-electron chi connectivity index (χ3n) is 3.46. The zero-order valence-electron chi connectivity index (χ0n) is 13.4. The molecule has 130 valence electrons. The smallest absolute Gasteiger partial charge is 0.119 e. The van der Waals surface area contributed by atoms with Crippen molar-refractivity contribution in [2.75, 3.05) is 26.2 Å². The summed E-state index contributed by atoms with van der Waals surface area (Å²) < 4.78 is 5.76. The van der Waals surface area contributed by atoms with E-state index in [1.165, 1.54) is 5.56 Å². The lowest BCUT2D eigenvalue weighted by Crippen LogP contribution is -2.28. The number of aliphatic hydroxyl groups is 1. The van der Waals surface area contributed by atoms with Gasteiger partial charge in [0.1, 0.15) is 12.4 Å². The first kappa shape index (κ1) is 19.0. The molecule has 0 unspecified atom stereocenters. The number of nitrogens with one attached hydrogen (secondary N) is 2. The van der Waals surface area contributed by atoms with Gasteiger partial charge in [-0.05, 0) is 29.8 Å². The van der Waals surface area contributed by atoms with Gasteiger partial charge in [0.2, 0.25) is 0 Å². The van der Waals surface area contributed by atoms with E-state index in [0.717, 1.165) is 30.9 Å². The van der Waals surface area contributed by atoms with Crippen LogP contribution in [0, 0.1) is 0 Å². The van der Waals surface area contributed by atoms with E-state index in [4.69, 9.17) is 33.0 Å². The molecule has 2 aromatic carbocycles. The fraction of sp³-hybridized carbons (Fsp3) is 0.333.